The summed E-state index contributed by atoms with van der Waals surface area (Å²) in [5.41, 5.74) is 5.56. The van der Waals surface area contributed by atoms with Crippen LogP contribution >= 0.6 is 12.4 Å². The molecule has 112 valence electrons. The predicted molar refractivity (Wildman–Crippen MR) is 74.9 cm³/mol. The van der Waals surface area contributed by atoms with E-state index >= 15 is 0 Å². The normalized spacial score (nSPS) is 18.4. The first-order chi connectivity index (χ1) is 9.15. The highest BCUT2D eigenvalue weighted by Crippen LogP contribution is 2.18. The van der Waals surface area contributed by atoms with Crippen LogP contribution in [-0.4, -0.2) is 50.3 Å². The van der Waals surface area contributed by atoms with E-state index in [1.807, 2.05) is 0 Å². The highest BCUT2D eigenvalue weighted by molar-refractivity contribution is 5.94. The van der Waals surface area contributed by atoms with Crippen molar-refractivity contribution in [3.8, 4) is 5.75 Å². The van der Waals surface area contributed by atoms with Gasteiger partial charge in [0.15, 0.2) is 0 Å². The van der Waals surface area contributed by atoms with Gasteiger partial charge in [0, 0.05) is 25.7 Å². The van der Waals surface area contributed by atoms with Gasteiger partial charge < -0.3 is 20.1 Å². The summed E-state index contributed by atoms with van der Waals surface area (Å²) in [6.07, 6.45) is -0.181. The summed E-state index contributed by atoms with van der Waals surface area (Å²) in [7, 11) is 1.45. The molecule has 1 aromatic rings. The zero-order valence-corrected chi connectivity index (χ0v) is 12.0. The number of carbonyl (C=O) groups is 1. The van der Waals surface area contributed by atoms with Gasteiger partial charge in [-0.05, 0) is 12.1 Å². The molecule has 1 saturated heterocycles. The minimum atomic E-state index is -0.583. The van der Waals surface area contributed by atoms with Crippen molar-refractivity contribution in [1.29, 1.82) is 0 Å². The smallest absolute Gasteiger partial charge is 0.257 e. The van der Waals surface area contributed by atoms with Crippen molar-refractivity contribution in [2.45, 2.75) is 6.10 Å². The first kappa shape index (κ1) is 16.7. The van der Waals surface area contributed by atoms with Gasteiger partial charge in [0.1, 0.15) is 11.6 Å². The minimum Gasteiger partial charge on any atom is -0.497 e. The van der Waals surface area contributed by atoms with Crippen molar-refractivity contribution in [2.75, 3.05) is 33.4 Å². The van der Waals surface area contributed by atoms with Crippen molar-refractivity contribution in [3.63, 3.8) is 0 Å². The molecule has 1 heterocycles. The number of morpholine rings is 1. The number of nitrogens with two attached hydrogens (primary N) is 1. The van der Waals surface area contributed by atoms with Crippen molar-refractivity contribution in [1.82, 2.24) is 4.90 Å². The fraction of sp³-hybridized carbons (Fsp3) is 0.462. The number of nitrogens with zero attached hydrogens (tertiary/aromatic N) is 1. The molecule has 1 aliphatic heterocycles. The molecule has 0 radical (unpaired) electrons. The maximum absolute atomic E-state index is 13.8. The molecule has 0 bridgehead atoms. The molecule has 0 aromatic heterocycles. The number of rotatable bonds is 3. The molecule has 1 aliphatic rings. The van der Waals surface area contributed by atoms with E-state index in [4.69, 9.17) is 15.2 Å². The van der Waals surface area contributed by atoms with Gasteiger partial charge in [0.25, 0.3) is 5.91 Å². The van der Waals surface area contributed by atoms with Crippen LogP contribution in [0.3, 0.4) is 0 Å². The Labute approximate surface area is 123 Å². The SMILES string of the molecule is COc1ccc(C(=O)N2CCOC(CN)C2)c(F)c1.Cl. The average Bonchev–Trinajstić information content (AvgIpc) is 2.46. The molecule has 2 N–H and O–H groups in total. The van der Waals surface area contributed by atoms with E-state index in [1.54, 1.807) is 11.0 Å². The molecule has 2 rings (SSSR count). The summed E-state index contributed by atoms with van der Waals surface area (Å²) in [5.74, 6) is -0.544. The van der Waals surface area contributed by atoms with Gasteiger partial charge in [0.2, 0.25) is 0 Å². The van der Waals surface area contributed by atoms with Crippen LogP contribution in [0.25, 0.3) is 0 Å². The highest BCUT2D eigenvalue weighted by Gasteiger charge is 2.25. The zero-order chi connectivity index (χ0) is 13.8. The Kier molecular flexibility index (Phi) is 6.19. The lowest BCUT2D eigenvalue weighted by Crippen LogP contribution is -2.48. The van der Waals surface area contributed by atoms with E-state index in [0.29, 0.717) is 32.0 Å². The first-order valence-corrected chi connectivity index (χ1v) is 6.10. The van der Waals surface area contributed by atoms with Crippen molar-refractivity contribution >= 4 is 18.3 Å². The van der Waals surface area contributed by atoms with Crippen LogP contribution in [-0.2, 0) is 4.74 Å². The van der Waals surface area contributed by atoms with Gasteiger partial charge in [-0.1, -0.05) is 0 Å². The number of halogens is 2. The molecule has 0 spiro atoms. The van der Waals surface area contributed by atoms with E-state index < -0.39 is 5.82 Å². The highest BCUT2D eigenvalue weighted by atomic mass is 35.5. The number of amides is 1. The Bertz CT molecular complexity index is 473. The largest absolute Gasteiger partial charge is 0.497 e. The Balaban J connectivity index is 0.00000200. The van der Waals surface area contributed by atoms with Crippen LogP contribution in [0.2, 0.25) is 0 Å². The summed E-state index contributed by atoms with van der Waals surface area (Å²) in [5, 5.41) is 0. The Morgan fingerprint density at radius 3 is 2.95 bits per heavy atom. The maximum Gasteiger partial charge on any atom is 0.257 e. The Morgan fingerprint density at radius 2 is 2.35 bits per heavy atom. The number of ether oxygens (including phenoxy) is 2. The second-order valence-electron chi connectivity index (χ2n) is 4.33. The van der Waals surface area contributed by atoms with Gasteiger partial charge in [-0.15, -0.1) is 12.4 Å². The van der Waals surface area contributed by atoms with E-state index in [-0.39, 0.29) is 30.0 Å². The lowest BCUT2D eigenvalue weighted by Gasteiger charge is -2.32. The molecule has 1 aromatic carbocycles. The summed E-state index contributed by atoms with van der Waals surface area (Å²) in [4.78, 5) is 13.8. The average molecular weight is 305 g/mol. The topological polar surface area (TPSA) is 64.8 Å². The number of benzene rings is 1. The molecule has 20 heavy (non-hydrogen) atoms. The number of hydrogen-bond donors (Lipinski definition) is 1. The second kappa shape index (κ2) is 7.42. The van der Waals surface area contributed by atoms with Gasteiger partial charge in [-0.3, -0.25) is 4.79 Å². The number of methoxy groups -OCH3 is 1. The van der Waals surface area contributed by atoms with Crippen molar-refractivity contribution in [3.05, 3.63) is 29.6 Å². The lowest BCUT2D eigenvalue weighted by molar-refractivity contribution is -0.0169. The first-order valence-electron chi connectivity index (χ1n) is 6.10. The molecule has 7 heteroatoms. The summed E-state index contributed by atoms with van der Waals surface area (Å²) in [6, 6.07) is 4.20. The quantitative estimate of drug-likeness (QED) is 0.907. The molecular weight excluding hydrogens is 287 g/mol. The number of hydrogen-bond acceptors (Lipinski definition) is 4. The molecular formula is C13H18ClFN2O3. The standard InChI is InChI=1S/C13H17FN2O3.ClH/c1-18-9-2-3-11(12(14)6-9)13(17)16-4-5-19-10(7-15)8-16;/h2-3,6,10H,4-5,7-8,15H2,1H3;1H. The summed E-state index contributed by atoms with van der Waals surface area (Å²) >= 11 is 0. The maximum atomic E-state index is 13.8. The molecule has 1 atom stereocenters. The van der Waals surface area contributed by atoms with Crippen LogP contribution in [0.15, 0.2) is 18.2 Å². The molecule has 0 saturated carbocycles. The fourth-order valence-corrected chi connectivity index (χ4v) is 2.01. The molecule has 1 fully saturated rings. The molecule has 5 nitrogen and oxygen atoms in total. The third-order valence-corrected chi connectivity index (χ3v) is 3.10. The van der Waals surface area contributed by atoms with Crippen LogP contribution < -0.4 is 10.5 Å². The summed E-state index contributed by atoms with van der Waals surface area (Å²) in [6.45, 7) is 1.60. The number of carbonyl (C=O) groups excluding carboxylic acids is 1. The second-order valence-corrected chi connectivity index (χ2v) is 4.33. The molecule has 1 unspecified atom stereocenters. The minimum absolute atomic E-state index is 0. The predicted octanol–water partition coefficient (Wildman–Crippen LogP) is 1.06. The van der Waals surface area contributed by atoms with Crippen LogP contribution in [0.5, 0.6) is 5.75 Å². The Hall–Kier alpha value is -1.37. The van der Waals surface area contributed by atoms with Crippen LogP contribution in [0.4, 0.5) is 4.39 Å². The fourth-order valence-electron chi connectivity index (χ4n) is 2.01. The van der Waals surface area contributed by atoms with Crippen LogP contribution in [0.1, 0.15) is 10.4 Å². The molecule has 1 amide bonds. The van der Waals surface area contributed by atoms with E-state index in [2.05, 4.69) is 0 Å². The van der Waals surface area contributed by atoms with Gasteiger partial charge in [-0.2, -0.15) is 0 Å². The Morgan fingerprint density at radius 1 is 1.60 bits per heavy atom. The zero-order valence-electron chi connectivity index (χ0n) is 11.2. The van der Waals surface area contributed by atoms with Gasteiger partial charge in [-0.25, -0.2) is 4.39 Å². The van der Waals surface area contributed by atoms with E-state index in [1.165, 1.54) is 19.2 Å². The van der Waals surface area contributed by atoms with Gasteiger partial charge >= 0.3 is 0 Å². The van der Waals surface area contributed by atoms with E-state index in [9.17, 15) is 9.18 Å². The third-order valence-electron chi connectivity index (χ3n) is 3.10. The third kappa shape index (κ3) is 3.59. The summed E-state index contributed by atoms with van der Waals surface area (Å²) < 4.78 is 24.1. The van der Waals surface area contributed by atoms with Crippen molar-refractivity contribution < 1.29 is 18.7 Å². The monoisotopic (exact) mass is 304 g/mol. The lowest BCUT2D eigenvalue weighted by atomic mass is 10.1. The van der Waals surface area contributed by atoms with E-state index in [0.717, 1.165) is 0 Å². The van der Waals surface area contributed by atoms with Crippen LogP contribution in [0, 0.1) is 5.82 Å². The van der Waals surface area contributed by atoms with Crippen molar-refractivity contribution in [2.24, 2.45) is 5.73 Å². The molecule has 0 aliphatic carbocycles. The van der Waals surface area contributed by atoms with Gasteiger partial charge in [0.05, 0.1) is 25.4 Å².